The average molecular weight is 433 g/mol. The fourth-order valence-electron chi connectivity index (χ4n) is 4.86. The molecule has 0 atom stereocenters. The summed E-state index contributed by atoms with van der Waals surface area (Å²) in [5.74, 6) is 2.07. The molecule has 0 radical (unpaired) electrons. The Morgan fingerprint density at radius 2 is 2.00 bits per heavy atom. The molecule has 1 aliphatic carbocycles. The van der Waals surface area contributed by atoms with Crippen molar-refractivity contribution in [2.45, 2.75) is 45.4 Å². The van der Waals surface area contributed by atoms with E-state index in [2.05, 4.69) is 45.5 Å². The smallest absolute Gasteiger partial charge is 0.240 e. The Hall–Kier alpha value is -3.62. The molecule has 1 aromatic carbocycles. The third kappa shape index (κ3) is 3.53. The van der Waals surface area contributed by atoms with E-state index in [9.17, 15) is 4.79 Å². The van der Waals surface area contributed by atoms with Gasteiger partial charge in [0.25, 0.3) is 0 Å². The molecule has 0 unspecified atom stereocenters. The summed E-state index contributed by atoms with van der Waals surface area (Å²) in [6.45, 7) is 4.37. The number of para-hydroxylation sites is 1. The van der Waals surface area contributed by atoms with Gasteiger partial charge in [-0.05, 0) is 50.2 Å². The molecule has 1 aliphatic rings. The second kappa shape index (κ2) is 7.81. The van der Waals surface area contributed by atoms with Gasteiger partial charge in [0.1, 0.15) is 17.0 Å². The first kappa shape index (κ1) is 20.3. The van der Waals surface area contributed by atoms with Crippen LogP contribution in [-0.4, -0.2) is 37.0 Å². The van der Waals surface area contributed by atoms with Gasteiger partial charge in [-0.25, -0.2) is 9.50 Å². The van der Waals surface area contributed by atoms with Crippen molar-refractivity contribution in [3.05, 3.63) is 35.7 Å². The van der Waals surface area contributed by atoms with Crippen LogP contribution < -0.4 is 16.8 Å². The lowest BCUT2D eigenvalue weighted by Crippen LogP contribution is -2.29. The van der Waals surface area contributed by atoms with Gasteiger partial charge in [0, 0.05) is 30.3 Å². The van der Waals surface area contributed by atoms with Crippen LogP contribution in [0.3, 0.4) is 0 Å². The number of nitrogens with two attached hydrogens (primary N) is 2. The van der Waals surface area contributed by atoms with Crippen molar-refractivity contribution in [3.8, 4) is 11.4 Å². The normalized spacial score (nSPS) is 18.9. The molecule has 1 amide bonds. The maximum atomic E-state index is 11.2. The van der Waals surface area contributed by atoms with Crippen LogP contribution in [0.2, 0.25) is 0 Å². The molecule has 1 saturated carbocycles. The minimum atomic E-state index is 0.0206. The van der Waals surface area contributed by atoms with Crippen molar-refractivity contribution in [2.24, 2.45) is 5.92 Å². The van der Waals surface area contributed by atoms with Crippen LogP contribution in [0.1, 0.15) is 49.9 Å². The van der Waals surface area contributed by atoms with Crippen LogP contribution in [0.25, 0.3) is 27.8 Å². The van der Waals surface area contributed by atoms with E-state index in [1.54, 1.807) is 11.4 Å². The molecule has 32 heavy (non-hydrogen) atoms. The Kier molecular flexibility index (Phi) is 4.96. The number of aromatic amines is 1. The monoisotopic (exact) mass is 432 g/mol. The van der Waals surface area contributed by atoms with Crippen LogP contribution in [0.4, 0.5) is 11.8 Å². The number of H-pyrrole nitrogens is 1. The Bertz CT molecular complexity index is 1310. The number of hydrogen-bond donors (Lipinski definition) is 4. The van der Waals surface area contributed by atoms with E-state index in [1.165, 1.54) is 5.56 Å². The summed E-state index contributed by atoms with van der Waals surface area (Å²) in [5, 5.41) is 8.54. The van der Waals surface area contributed by atoms with Crippen LogP contribution >= 0.6 is 0 Å². The summed E-state index contributed by atoms with van der Waals surface area (Å²) >= 11 is 0. The Morgan fingerprint density at radius 3 is 2.72 bits per heavy atom. The number of aryl methyl sites for hydroxylation is 1. The molecule has 0 saturated heterocycles. The first-order chi connectivity index (χ1) is 15.4. The predicted octanol–water partition coefficient (Wildman–Crippen LogP) is 3.16. The third-order valence-electron chi connectivity index (χ3n) is 6.53. The molecule has 166 valence electrons. The minimum absolute atomic E-state index is 0.0206. The van der Waals surface area contributed by atoms with Crippen molar-refractivity contribution in [1.29, 1.82) is 0 Å². The van der Waals surface area contributed by atoms with Crippen molar-refractivity contribution < 1.29 is 4.79 Å². The van der Waals surface area contributed by atoms with E-state index in [-0.39, 0.29) is 17.8 Å². The fourth-order valence-corrected chi connectivity index (χ4v) is 4.86. The number of amides is 1. The molecule has 0 bridgehead atoms. The van der Waals surface area contributed by atoms with Crippen LogP contribution in [0, 0.1) is 12.8 Å². The summed E-state index contributed by atoms with van der Waals surface area (Å²) in [7, 11) is 0. The van der Waals surface area contributed by atoms with Crippen molar-refractivity contribution in [1.82, 2.24) is 29.9 Å². The second-order valence-corrected chi connectivity index (χ2v) is 8.81. The van der Waals surface area contributed by atoms with Gasteiger partial charge < -0.3 is 21.8 Å². The highest BCUT2D eigenvalue weighted by atomic mass is 16.1. The van der Waals surface area contributed by atoms with Gasteiger partial charge in [0.2, 0.25) is 11.9 Å². The first-order valence-electron chi connectivity index (χ1n) is 11.1. The topological polar surface area (TPSA) is 140 Å². The Balaban J connectivity index is 1.54. The molecule has 6 N–H and O–H groups in total. The highest BCUT2D eigenvalue weighted by molar-refractivity contribution is 5.92. The number of rotatable bonds is 4. The maximum absolute atomic E-state index is 11.2. The number of carbonyl (C=O) groups is 1. The molecular weight excluding hydrogens is 404 g/mol. The number of imidazole rings is 1. The van der Waals surface area contributed by atoms with Crippen LogP contribution in [-0.2, 0) is 4.79 Å². The summed E-state index contributed by atoms with van der Waals surface area (Å²) in [5.41, 5.74) is 16.8. The van der Waals surface area contributed by atoms with E-state index in [0.29, 0.717) is 17.3 Å². The molecule has 3 aromatic heterocycles. The van der Waals surface area contributed by atoms with E-state index >= 15 is 0 Å². The number of nitrogens with one attached hydrogen (secondary N) is 2. The number of nitrogen functional groups attached to an aromatic ring is 2. The van der Waals surface area contributed by atoms with Gasteiger partial charge in [-0.15, -0.1) is 5.10 Å². The summed E-state index contributed by atoms with van der Waals surface area (Å²) in [6.07, 6.45) is 3.99. The van der Waals surface area contributed by atoms with Gasteiger partial charge in [0.05, 0.1) is 5.69 Å². The molecule has 0 aliphatic heterocycles. The average Bonchev–Trinajstić information content (AvgIpc) is 3.35. The van der Waals surface area contributed by atoms with Gasteiger partial charge in [-0.2, -0.15) is 4.98 Å². The first-order valence-corrected chi connectivity index (χ1v) is 11.1. The van der Waals surface area contributed by atoms with Crippen LogP contribution in [0.5, 0.6) is 0 Å². The number of fused-ring (bicyclic) bond motifs is 2. The molecule has 0 spiro atoms. The highest BCUT2D eigenvalue weighted by Gasteiger charge is 2.29. The molecule has 9 nitrogen and oxygen atoms in total. The fraction of sp³-hybridized carbons (Fsp3) is 0.391. The number of nitrogens with zero attached hydrogens (tertiary/aromatic N) is 4. The standard InChI is InChI=1S/C23H28N8O/c1-12-4-3-5-16-10-17(27-18(12)16)19-20-21(24)29-23(25)30-31(20)22(28-19)15-8-6-14(7-9-15)11-26-13(2)32/h3-5,10,14-15,27H,6-9,11H2,1-2H3,(H,26,32)(H4,24,25,29,30)/t14-,15-. The van der Waals surface area contributed by atoms with Gasteiger partial charge >= 0.3 is 0 Å². The highest BCUT2D eigenvalue weighted by Crippen LogP contribution is 2.38. The van der Waals surface area contributed by atoms with E-state index in [0.717, 1.165) is 60.3 Å². The zero-order valence-electron chi connectivity index (χ0n) is 18.4. The number of aromatic nitrogens is 5. The molecule has 9 heteroatoms. The van der Waals surface area contributed by atoms with E-state index in [4.69, 9.17) is 16.5 Å². The number of benzene rings is 1. The van der Waals surface area contributed by atoms with Gasteiger partial charge in [-0.3, -0.25) is 4.79 Å². The zero-order chi connectivity index (χ0) is 22.4. The van der Waals surface area contributed by atoms with Crippen LogP contribution in [0.15, 0.2) is 24.3 Å². The SMILES string of the molecule is CC(=O)NC[C@H]1CC[C@H](c2nc(-c3cc4cccc(C)c4[nH]3)c3c(N)nc(N)nn32)CC1. The lowest BCUT2D eigenvalue weighted by molar-refractivity contribution is -0.119. The Morgan fingerprint density at radius 1 is 1.22 bits per heavy atom. The molecule has 1 fully saturated rings. The Labute approximate surface area is 185 Å². The maximum Gasteiger partial charge on any atom is 0.240 e. The largest absolute Gasteiger partial charge is 0.382 e. The number of anilines is 2. The number of hydrogen-bond acceptors (Lipinski definition) is 6. The zero-order valence-corrected chi connectivity index (χ0v) is 18.4. The van der Waals surface area contributed by atoms with Crippen molar-refractivity contribution >= 4 is 34.1 Å². The summed E-state index contributed by atoms with van der Waals surface area (Å²) in [4.78, 5) is 24.0. The molecule has 3 heterocycles. The molecular formula is C23H28N8O. The summed E-state index contributed by atoms with van der Waals surface area (Å²) in [6, 6.07) is 8.30. The second-order valence-electron chi connectivity index (χ2n) is 8.81. The van der Waals surface area contributed by atoms with Crippen molar-refractivity contribution in [3.63, 3.8) is 0 Å². The van der Waals surface area contributed by atoms with Gasteiger partial charge in [-0.1, -0.05) is 18.2 Å². The molecule has 5 rings (SSSR count). The lowest BCUT2D eigenvalue weighted by Gasteiger charge is -2.27. The van der Waals surface area contributed by atoms with Gasteiger partial charge in [0.15, 0.2) is 5.82 Å². The molecule has 4 aromatic rings. The van der Waals surface area contributed by atoms with Crippen molar-refractivity contribution in [2.75, 3.05) is 18.0 Å². The third-order valence-corrected chi connectivity index (χ3v) is 6.53. The van der Waals surface area contributed by atoms with E-state index < -0.39 is 0 Å². The lowest BCUT2D eigenvalue weighted by atomic mass is 9.81. The van der Waals surface area contributed by atoms with E-state index in [1.807, 2.05) is 6.07 Å². The predicted molar refractivity (Wildman–Crippen MR) is 125 cm³/mol. The minimum Gasteiger partial charge on any atom is -0.382 e. The quantitative estimate of drug-likeness (QED) is 0.390. The summed E-state index contributed by atoms with van der Waals surface area (Å²) < 4.78 is 1.78. The number of carbonyl (C=O) groups excluding carboxylic acids is 1.